The number of carbonyl (C=O) groups excluding carboxylic acids is 2. The Bertz CT molecular complexity index is 307. The molecule has 1 saturated heterocycles. The Morgan fingerprint density at radius 3 is 2.67 bits per heavy atom. The summed E-state index contributed by atoms with van der Waals surface area (Å²) in [7, 11) is 0. The Labute approximate surface area is 110 Å². The van der Waals surface area contributed by atoms with Gasteiger partial charge in [0.2, 0.25) is 0 Å². The lowest BCUT2D eigenvalue weighted by Gasteiger charge is -2.36. The van der Waals surface area contributed by atoms with Gasteiger partial charge in [0.25, 0.3) is 0 Å². The summed E-state index contributed by atoms with van der Waals surface area (Å²) in [5, 5.41) is 0. The zero-order chi connectivity index (χ0) is 13.8. The normalized spacial score (nSPS) is 21.0. The molecule has 0 aromatic rings. The quantitative estimate of drug-likeness (QED) is 0.778. The topological polar surface area (TPSA) is 46.6 Å². The van der Waals surface area contributed by atoms with Crippen LogP contribution in [0.5, 0.6) is 0 Å². The van der Waals surface area contributed by atoms with Crippen LogP contribution in [0.25, 0.3) is 0 Å². The smallest absolute Gasteiger partial charge is 0.410 e. The van der Waals surface area contributed by atoms with Crippen LogP contribution in [-0.2, 0) is 9.53 Å². The molecule has 1 fully saturated rings. The second-order valence-corrected chi connectivity index (χ2v) is 5.96. The Kier molecular flexibility index (Phi) is 5.17. The molecule has 0 aromatic heterocycles. The molecule has 0 saturated carbocycles. The van der Waals surface area contributed by atoms with Gasteiger partial charge in [-0.3, -0.25) is 4.79 Å². The van der Waals surface area contributed by atoms with Gasteiger partial charge in [0.05, 0.1) is 0 Å². The third-order valence-corrected chi connectivity index (χ3v) is 3.05. The van der Waals surface area contributed by atoms with Crippen LogP contribution in [0.4, 0.5) is 4.79 Å². The standard InChI is InChI=1S/C14H25NO3/c1-5-6-7-11-10-12(16)8-9-15(11)13(17)18-14(2,3)4/h11H,5-10H2,1-4H3. The number of rotatable bonds is 3. The Hall–Kier alpha value is -1.06. The van der Waals surface area contributed by atoms with Crippen molar-refractivity contribution in [2.75, 3.05) is 6.54 Å². The highest BCUT2D eigenvalue weighted by atomic mass is 16.6. The van der Waals surface area contributed by atoms with Gasteiger partial charge in [0, 0.05) is 25.4 Å². The van der Waals surface area contributed by atoms with Crippen LogP contribution in [0.2, 0.25) is 0 Å². The van der Waals surface area contributed by atoms with Gasteiger partial charge in [0.1, 0.15) is 11.4 Å². The molecule has 4 nitrogen and oxygen atoms in total. The molecule has 0 radical (unpaired) electrons. The molecule has 1 heterocycles. The molecule has 0 spiro atoms. The number of Topliss-reactive ketones (excluding diaryl/α,β-unsaturated/α-hetero) is 1. The van der Waals surface area contributed by atoms with Crippen molar-refractivity contribution in [3.05, 3.63) is 0 Å². The maximum Gasteiger partial charge on any atom is 0.410 e. The molecule has 1 rings (SSSR count). The van der Waals surface area contributed by atoms with Gasteiger partial charge in [-0.2, -0.15) is 0 Å². The molecule has 1 amide bonds. The number of likely N-dealkylation sites (tertiary alicyclic amines) is 1. The Morgan fingerprint density at radius 1 is 1.44 bits per heavy atom. The zero-order valence-corrected chi connectivity index (χ0v) is 12.0. The second kappa shape index (κ2) is 6.21. The first-order valence-electron chi connectivity index (χ1n) is 6.85. The molecule has 1 unspecified atom stereocenters. The number of unbranched alkanes of at least 4 members (excludes halogenated alkanes) is 1. The molecule has 0 aromatic carbocycles. The van der Waals surface area contributed by atoms with Crippen LogP contribution in [0.3, 0.4) is 0 Å². The lowest BCUT2D eigenvalue weighted by atomic mass is 9.97. The van der Waals surface area contributed by atoms with Gasteiger partial charge in [-0.15, -0.1) is 0 Å². The van der Waals surface area contributed by atoms with Crippen LogP contribution in [-0.4, -0.2) is 35.0 Å². The highest BCUT2D eigenvalue weighted by Gasteiger charge is 2.32. The van der Waals surface area contributed by atoms with Crippen LogP contribution >= 0.6 is 0 Å². The predicted octanol–water partition coefficient (Wildman–Crippen LogP) is 3.15. The van der Waals surface area contributed by atoms with Gasteiger partial charge < -0.3 is 9.64 Å². The van der Waals surface area contributed by atoms with Crippen molar-refractivity contribution < 1.29 is 14.3 Å². The molecule has 1 aliphatic rings. The molecule has 0 aliphatic carbocycles. The third-order valence-electron chi connectivity index (χ3n) is 3.05. The monoisotopic (exact) mass is 255 g/mol. The number of ether oxygens (including phenoxy) is 1. The van der Waals surface area contributed by atoms with E-state index in [-0.39, 0.29) is 17.9 Å². The number of hydrogen-bond acceptors (Lipinski definition) is 3. The fourth-order valence-electron chi connectivity index (χ4n) is 2.16. The van der Waals surface area contributed by atoms with Gasteiger partial charge in [-0.25, -0.2) is 4.79 Å². The van der Waals surface area contributed by atoms with Crippen molar-refractivity contribution in [2.45, 2.75) is 71.4 Å². The van der Waals surface area contributed by atoms with E-state index in [0.717, 1.165) is 19.3 Å². The summed E-state index contributed by atoms with van der Waals surface area (Å²) in [6.07, 6.45) is 3.67. The third kappa shape index (κ3) is 4.67. The van der Waals surface area contributed by atoms with Crippen LogP contribution in [0.1, 0.15) is 59.8 Å². The highest BCUT2D eigenvalue weighted by Crippen LogP contribution is 2.22. The van der Waals surface area contributed by atoms with E-state index in [1.165, 1.54) is 0 Å². The molecule has 4 heteroatoms. The summed E-state index contributed by atoms with van der Waals surface area (Å²) in [6.45, 7) is 8.20. The molecule has 104 valence electrons. The summed E-state index contributed by atoms with van der Waals surface area (Å²) in [4.78, 5) is 25.3. The predicted molar refractivity (Wildman–Crippen MR) is 70.5 cm³/mol. The number of carbonyl (C=O) groups is 2. The lowest BCUT2D eigenvalue weighted by Crippen LogP contribution is -2.48. The first-order chi connectivity index (χ1) is 8.33. The van der Waals surface area contributed by atoms with E-state index >= 15 is 0 Å². The number of amides is 1. The Balaban J connectivity index is 2.64. The van der Waals surface area contributed by atoms with Crippen molar-refractivity contribution >= 4 is 11.9 Å². The van der Waals surface area contributed by atoms with E-state index in [2.05, 4.69) is 6.92 Å². The van der Waals surface area contributed by atoms with E-state index in [0.29, 0.717) is 19.4 Å². The van der Waals surface area contributed by atoms with Crippen LogP contribution in [0, 0.1) is 0 Å². The number of nitrogens with zero attached hydrogens (tertiary/aromatic N) is 1. The van der Waals surface area contributed by atoms with E-state index in [9.17, 15) is 9.59 Å². The van der Waals surface area contributed by atoms with Gasteiger partial charge in [-0.1, -0.05) is 19.8 Å². The molecule has 1 aliphatic heterocycles. The van der Waals surface area contributed by atoms with Crippen molar-refractivity contribution in [1.29, 1.82) is 0 Å². The second-order valence-electron chi connectivity index (χ2n) is 5.96. The highest BCUT2D eigenvalue weighted by molar-refractivity contribution is 5.82. The number of piperidine rings is 1. The van der Waals surface area contributed by atoms with Gasteiger partial charge in [0.15, 0.2) is 0 Å². The summed E-state index contributed by atoms with van der Waals surface area (Å²) < 4.78 is 5.40. The Morgan fingerprint density at radius 2 is 2.11 bits per heavy atom. The van der Waals surface area contributed by atoms with Crippen molar-refractivity contribution in [3.63, 3.8) is 0 Å². The first kappa shape index (κ1) is 15.0. The summed E-state index contributed by atoms with van der Waals surface area (Å²) in [5.41, 5.74) is -0.478. The van der Waals surface area contributed by atoms with E-state index < -0.39 is 5.60 Å². The molecular formula is C14H25NO3. The minimum atomic E-state index is -0.478. The SMILES string of the molecule is CCCCC1CC(=O)CCN1C(=O)OC(C)(C)C. The molecule has 1 atom stereocenters. The lowest BCUT2D eigenvalue weighted by molar-refractivity contribution is -0.123. The van der Waals surface area contributed by atoms with E-state index in [4.69, 9.17) is 4.74 Å². The van der Waals surface area contributed by atoms with Crippen molar-refractivity contribution in [3.8, 4) is 0 Å². The molecule has 0 N–H and O–H groups in total. The van der Waals surface area contributed by atoms with Gasteiger partial charge in [-0.05, 0) is 27.2 Å². The maximum absolute atomic E-state index is 12.1. The van der Waals surface area contributed by atoms with Gasteiger partial charge >= 0.3 is 6.09 Å². The van der Waals surface area contributed by atoms with Crippen LogP contribution in [0.15, 0.2) is 0 Å². The van der Waals surface area contributed by atoms with E-state index in [1.807, 2.05) is 20.8 Å². The average molecular weight is 255 g/mol. The molecular weight excluding hydrogens is 230 g/mol. The first-order valence-corrected chi connectivity index (χ1v) is 6.85. The molecule has 0 bridgehead atoms. The fourth-order valence-corrected chi connectivity index (χ4v) is 2.16. The molecule has 18 heavy (non-hydrogen) atoms. The summed E-state index contributed by atoms with van der Waals surface area (Å²) in [5.74, 6) is 0.260. The maximum atomic E-state index is 12.1. The number of hydrogen-bond donors (Lipinski definition) is 0. The average Bonchev–Trinajstić information content (AvgIpc) is 2.23. The fraction of sp³-hybridized carbons (Fsp3) is 0.857. The summed E-state index contributed by atoms with van der Waals surface area (Å²) >= 11 is 0. The minimum absolute atomic E-state index is 0.0287. The zero-order valence-electron chi connectivity index (χ0n) is 12.0. The number of ketones is 1. The summed E-state index contributed by atoms with van der Waals surface area (Å²) in [6, 6.07) is 0.0287. The minimum Gasteiger partial charge on any atom is -0.444 e. The van der Waals surface area contributed by atoms with Crippen molar-refractivity contribution in [1.82, 2.24) is 4.90 Å². The van der Waals surface area contributed by atoms with E-state index in [1.54, 1.807) is 4.90 Å². The largest absolute Gasteiger partial charge is 0.444 e. The van der Waals surface area contributed by atoms with Crippen LogP contribution < -0.4 is 0 Å². The van der Waals surface area contributed by atoms with Crippen molar-refractivity contribution in [2.24, 2.45) is 0 Å².